The van der Waals surface area contributed by atoms with Gasteiger partial charge in [0.25, 0.3) is 5.56 Å². The summed E-state index contributed by atoms with van der Waals surface area (Å²) < 4.78 is 9.98. The topological polar surface area (TPSA) is 74.3 Å². The minimum atomic E-state index is -0.298. The predicted molar refractivity (Wildman–Crippen MR) is 93.8 cm³/mol. The molecule has 0 N–H and O–H groups in total. The van der Waals surface area contributed by atoms with E-state index in [9.17, 15) is 9.59 Å². The zero-order valence-electron chi connectivity index (χ0n) is 15.4. The molecule has 1 aliphatic rings. The van der Waals surface area contributed by atoms with Gasteiger partial charge in [-0.15, -0.1) is 0 Å². The maximum Gasteiger partial charge on any atom is 0.330 e. The van der Waals surface area contributed by atoms with Gasteiger partial charge >= 0.3 is 5.69 Å². The standard InChI is InChI=1S/C17H25N5O3/c1-11-15(16(25-5)21(4)18-11)13-7-6-8-22(13)10-12-9-14(23)20(3)17(24)19(12)2/h9,13H,6-8,10H2,1-5H3/t13-/m0/s1. The van der Waals surface area contributed by atoms with Crippen LogP contribution < -0.4 is 16.0 Å². The van der Waals surface area contributed by atoms with E-state index in [1.807, 2.05) is 14.0 Å². The Morgan fingerprint density at radius 3 is 2.64 bits per heavy atom. The first-order chi connectivity index (χ1) is 11.8. The Bertz CT molecular complexity index is 908. The highest BCUT2D eigenvalue weighted by molar-refractivity contribution is 5.35. The number of rotatable bonds is 4. The molecule has 3 heterocycles. The van der Waals surface area contributed by atoms with Crippen LogP contribution in [0.4, 0.5) is 0 Å². The zero-order chi connectivity index (χ0) is 18.3. The number of aryl methyl sites for hydroxylation is 2. The molecule has 8 heteroatoms. The molecule has 0 spiro atoms. The summed E-state index contributed by atoms with van der Waals surface area (Å²) in [4.78, 5) is 26.5. The van der Waals surface area contributed by atoms with E-state index in [-0.39, 0.29) is 17.3 Å². The number of ether oxygens (including phenoxy) is 1. The second-order valence-electron chi connectivity index (χ2n) is 6.63. The molecule has 0 aliphatic carbocycles. The van der Waals surface area contributed by atoms with Crippen LogP contribution in [0.15, 0.2) is 15.7 Å². The van der Waals surface area contributed by atoms with Crippen molar-refractivity contribution >= 4 is 0 Å². The molecule has 0 saturated carbocycles. The summed E-state index contributed by atoms with van der Waals surface area (Å²) in [5, 5.41) is 4.48. The van der Waals surface area contributed by atoms with Crippen molar-refractivity contribution < 1.29 is 4.74 Å². The SMILES string of the molecule is COc1c([C@@H]2CCCN2Cc2cc(=O)n(C)c(=O)n2C)c(C)nn1C. The van der Waals surface area contributed by atoms with Crippen molar-refractivity contribution in [3.63, 3.8) is 0 Å². The van der Waals surface area contributed by atoms with E-state index >= 15 is 0 Å². The van der Waals surface area contributed by atoms with Gasteiger partial charge in [0.1, 0.15) is 0 Å². The van der Waals surface area contributed by atoms with Crippen LogP contribution in [0.25, 0.3) is 0 Å². The van der Waals surface area contributed by atoms with Gasteiger partial charge in [-0.05, 0) is 26.3 Å². The first-order valence-electron chi connectivity index (χ1n) is 8.42. The van der Waals surface area contributed by atoms with Crippen LogP contribution in [-0.4, -0.2) is 37.5 Å². The normalized spacial score (nSPS) is 18.0. The molecule has 2 aromatic heterocycles. The van der Waals surface area contributed by atoms with Gasteiger partial charge < -0.3 is 4.74 Å². The maximum absolute atomic E-state index is 12.2. The van der Waals surface area contributed by atoms with Gasteiger partial charge in [-0.25, -0.2) is 9.48 Å². The van der Waals surface area contributed by atoms with Crippen molar-refractivity contribution in [2.24, 2.45) is 21.1 Å². The summed E-state index contributed by atoms with van der Waals surface area (Å²) >= 11 is 0. The Labute approximate surface area is 146 Å². The predicted octanol–water partition coefficient (Wildman–Crippen LogP) is 0.472. The van der Waals surface area contributed by atoms with Gasteiger partial charge in [0.2, 0.25) is 5.88 Å². The van der Waals surface area contributed by atoms with Crippen LogP contribution in [0.5, 0.6) is 5.88 Å². The van der Waals surface area contributed by atoms with E-state index in [1.165, 1.54) is 7.05 Å². The lowest BCUT2D eigenvalue weighted by Crippen LogP contribution is -2.39. The van der Waals surface area contributed by atoms with Crippen molar-refractivity contribution in [1.29, 1.82) is 0 Å². The zero-order valence-corrected chi connectivity index (χ0v) is 15.4. The highest BCUT2D eigenvalue weighted by Crippen LogP contribution is 2.39. The van der Waals surface area contributed by atoms with Crippen molar-refractivity contribution in [1.82, 2.24) is 23.8 Å². The summed E-state index contributed by atoms with van der Waals surface area (Å²) in [7, 11) is 6.73. The Kier molecular flexibility index (Phi) is 4.55. The molecule has 1 fully saturated rings. The average Bonchev–Trinajstić information content (AvgIpc) is 3.13. The largest absolute Gasteiger partial charge is 0.481 e. The fraction of sp³-hybridized carbons (Fsp3) is 0.588. The van der Waals surface area contributed by atoms with Gasteiger partial charge in [-0.2, -0.15) is 5.10 Å². The monoisotopic (exact) mass is 347 g/mol. The number of hydrogen-bond donors (Lipinski definition) is 0. The van der Waals surface area contributed by atoms with Crippen LogP contribution in [0, 0.1) is 6.92 Å². The molecule has 3 rings (SSSR count). The second kappa shape index (κ2) is 6.51. The van der Waals surface area contributed by atoms with Gasteiger partial charge in [-0.3, -0.25) is 18.8 Å². The first-order valence-corrected chi connectivity index (χ1v) is 8.42. The van der Waals surface area contributed by atoms with Crippen molar-refractivity contribution in [2.75, 3.05) is 13.7 Å². The minimum absolute atomic E-state index is 0.169. The number of nitrogens with zero attached hydrogens (tertiary/aromatic N) is 5. The minimum Gasteiger partial charge on any atom is -0.481 e. The van der Waals surface area contributed by atoms with E-state index in [4.69, 9.17) is 4.74 Å². The Balaban J connectivity index is 1.97. The maximum atomic E-state index is 12.2. The third-order valence-electron chi connectivity index (χ3n) is 5.09. The molecule has 0 amide bonds. The number of methoxy groups -OCH3 is 1. The van der Waals surface area contributed by atoms with Gasteiger partial charge in [-0.1, -0.05) is 0 Å². The van der Waals surface area contributed by atoms with Gasteiger partial charge in [0, 0.05) is 45.5 Å². The fourth-order valence-electron chi connectivity index (χ4n) is 3.76. The smallest absolute Gasteiger partial charge is 0.330 e. The van der Waals surface area contributed by atoms with Crippen LogP contribution in [0.1, 0.15) is 35.8 Å². The second-order valence-corrected chi connectivity index (χ2v) is 6.63. The van der Waals surface area contributed by atoms with Crippen molar-refractivity contribution in [2.45, 2.75) is 32.4 Å². The van der Waals surface area contributed by atoms with Crippen LogP contribution >= 0.6 is 0 Å². The molecule has 0 radical (unpaired) electrons. The summed E-state index contributed by atoms with van der Waals surface area (Å²) in [5.74, 6) is 0.771. The lowest BCUT2D eigenvalue weighted by Gasteiger charge is -2.25. The number of likely N-dealkylation sites (tertiary alicyclic amines) is 1. The van der Waals surface area contributed by atoms with Crippen LogP contribution in [0.2, 0.25) is 0 Å². The Hall–Kier alpha value is -2.35. The average molecular weight is 347 g/mol. The van der Waals surface area contributed by atoms with E-state index in [0.29, 0.717) is 6.54 Å². The lowest BCUT2D eigenvalue weighted by molar-refractivity contribution is 0.234. The lowest BCUT2D eigenvalue weighted by atomic mass is 10.0. The fourth-order valence-corrected chi connectivity index (χ4v) is 3.76. The van der Waals surface area contributed by atoms with Gasteiger partial charge in [0.15, 0.2) is 0 Å². The molecule has 1 saturated heterocycles. The van der Waals surface area contributed by atoms with E-state index in [0.717, 1.165) is 46.8 Å². The summed E-state index contributed by atoms with van der Waals surface area (Å²) in [6.45, 7) is 3.44. The molecular weight excluding hydrogens is 322 g/mol. The van der Waals surface area contributed by atoms with Crippen LogP contribution in [0.3, 0.4) is 0 Å². The molecule has 136 valence electrons. The van der Waals surface area contributed by atoms with E-state index in [1.54, 1.807) is 29.5 Å². The molecule has 1 atom stereocenters. The first kappa shape index (κ1) is 17.5. The molecule has 0 aromatic carbocycles. The number of hydrogen-bond acceptors (Lipinski definition) is 5. The summed E-state index contributed by atoms with van der Waals surface area (Å²) in [5.41, 5.74) is 2.20. The molecule has 0 unspecified atom stereocenters. The molecule has 8 nitrogen and oxygen atoms in total. The molecule has 0 bridgehead atoms. The van der Waals surface area contributed by atoms with E-state index in [2.05, 4.69) is 10.00 Å². The third-order valence-corrected chi connectivity index (χ3v) is 5.09. The highest BCUT2D eigenvalue weighted by Gasteiger charge is 2.32. The van der Waals surface area contributed by atoms with Crippen molar-refractivity contribution in [3.05, 3.63) is 43.9 Å². The number of aromatic nitrogens is 4. The highest BCUT2D eigenvalue weighted by atomic mass is 16.5. The third kappa shape index (κ3) is 2.90. The Morgan fingerprint density at radius 2 is 1.96 bits per heavy atom. The van der Waals surface area contributed by atoms with Crippen LogP contribution in [-0.2, 0) is 27.7 Å². The van der Waals surface area contributed by atoms with Gasteiger partial charge in [0.05, 0.1) is 18.4 Å². The molecular formula is C17H25N5O3. The molecule has 25 heavy (non-hydrogen) atoms. The van der Waals surface area contributed by atoms with Crippen molar-refractivity contribution in [3.8, 4) is 5.88 Å². The summed E-state index contributed by atoms with van der Waals surface area (Å²) in [6, 6.07) is 1.72. The summed E-state index contributed by atoms with van der Waals surface area (Å²) in [6.07, 6.45) is 2.06. The Morgan fingerprint density at radius 1 is 1.24 bits per heavy atom. The van der Waals surface area contributed by atoms with E-state index < -0.39 is 0 Å². The molecule has 2 aromatic rings. The quantitative estimate of drug-likeness (QED) is 0.804. The molecule has 1 aliphatic heterocycles.